The normalized spacial score (nSPS) is 14.0. The lowest BCUT2D eigenvalue weighted by atomic mass is 10.3. The Hall–Kier alpha value is -2.72. The number of rotatable bonds is 4. The van der Waals surface area contributed by atoms with Crippen LogP contribution >= 0.6 is 22.7 Å². The standard InChI is InChI=1S/C16H13N7OS2/c1-22-13-10(6-19-23(16(13)24)7-12-21-18-8-25-12)14-15(22)20-11(26-14)5-9-3-2-4-17-9/h2-3,6,8H,4-5,7H2,1H3. The van der Waals surface area contributed by atoms with Crippen LogP contribution < -0.4 is 5.56 Å². The molecular weight excluding hydrogens is 370 g/mol. The highest BCUT2D eigenvalue weighted by Gasteiger charge is 2.19. The fourth-order valence-corrected chi connectivity index (χ4v) is 4.72. The maximum Gasteiger partial charge on any atom is 0.291 e. The third kappa shape index (κ3) is 2.41. The molecule has 0 radical (unpaired) electrons. The number of thiazole rings is 1. The molecule has 0 spiro atoms. The van der Waals surface area contributed by atoms with Crippen LogP contribution in [0.3, 0.4) is 0 Å². The Morgan fingerprint density at radius 2 is 2.23 bits per heavy atom. The zero-order chi connectivity index (χ0) is 17.7. The summed E-state index contributed by atoms with van der Waals surface area (Å²) in [5.74, 6) is 0. The SMILES string of the molecule is Cn1c2nc(CC3=NCC=C3)sc2c2cnn(Cc3nncs3)c(=O)c21. The van der Waals surface area contributed by atoms with Gasteiger partial charge in [-0.3, -0.25) is 9.79 Å². The summed E-state index contributed by atoms with van der Waals surface area (Å²) >= 11 is 3.00. The van der Waals surface area contributed by atoms with Crippen LogP contribution in [0.1, 0.15) is 10.0 Å². The Morgan fingerprint density at radius 1 is 1.31 bits per heavy atom. The summed E-state index contributed by atoms with van der Waals surface area (Å²) in [6, 6.07) is 0. The van der Waals surface area contributed by atoms with E-state index in [2.05, 4.69) is 20.3 Å². The lowest BCUT2D eigenvalue weighted by Gasteiger charge is -2.03. The summed E-state index contributed by atoms with van der Waals surface area (Å²) in [6.07, 6.45) is 6.55. The molecule has 0 saturated heterocycles. The van der Waals surface area contributed by atoms with Gasteiger partial charge in [-0.15, -0.1) is 32.9 Å². The van der Waals surface area contributed by atoms with Crippen molar-refractivity contribution in [3.8, 4) is 0 Å². The average Bonchev–Trinajstić information content (AvgIpc) is 3.39. The second-order valence-corrected chi connectivity index (χ2v) is 7.93. The van der Waals surface area contributed by atoms with Crippen LogP contribution in [-0.4, -0.2) is 41.8 Å². The van der Waals surface area contributed by atoms with Crippen LogP contribution in [0.5, 0.6) is 0 Å². The van der Waals surface area contributed by atoms with E-state index >= 15 is 0 Å². The van der Waals surface area contributed by atoms with Crippen LogP contribution in [0.2, 0.25) is 0 Å². The van der Waals surface area contributed by atoms with Crippen LogP contribution in [0.4, 0.5) is 0 Å². The van der Waals surface area contributed by atoms with E-state index < -0.39 is 0 Å². The minimum atomic E-state index is -0.143. The van der Waals surface area contributed by atoms with E-state index in [4.69, 9.17) is 4.98 Å². The van der Waals surface area contributed by atoms with Crippen LogP contribution in [0.15, 0.2) is 33.6 Å². The molecule has 130 valence electrons. The van der Waals surface area contributed by atoms with Crippen molar-refractivity contribution in [2.45, 2.75) is 13.0 Å². The van der Waals surface area contributed by atoms with Crippen molar-refractivity contribution in [1.29, 1.82) is 0 Å². The number of hydrogen-bond acceptors (Lipinski definition) is 8. The number of aromatic nitrogens is 6. The van der Waals surface area contributed by atoms with E-state index in [-0.39, 0.29) is 5.56 Å². The molecule has 0 N–H and O–H groups in total. The zero-order valence-electron chi connectivity index (χ0n) is 13.8. The molecular formula is C16H13N7OS2. The van der Waals surface area contributed by atoms with Crippen LogP contribution in [0.25, 0.3) is 21.3 Å². The largest absolute Gasteiger partial charge is 0.323 e. The summed E-state index contributed by atoms with van der Waals surface area (Å²) in [4.78, 5) is 22.0. The maximum absolute atomic E-state index is 12.9. The molecule has 1 aliphatic rings. The molecule has 4 aromatic rings. The average molecular weight is 383 g/mol. The first-order chi connectivity index (χ1) is 12.7. The van der Waals surface area contributed by atoms with E-state index in [1.807, 2.05) is 23.8 Å². The molecule has 0 amide bonds. The fourth-order valence-electron chi connectivity index (χ4n) is 3.09. The van der Waals surface area contributed by atoms with E-state index in [1.54, 1.807) is 23.0 Å². The topological polar surface area (TPSA) is 90.8 Å². The Morgan fingerprint density at radius 3 is 3.00 bits per heavy atom. The second-order valence-electron chi connectivity index (χ2n) is 5.93. The molecule has 8 nitrogen and oxygen atoms in total. The number of allylic oxidation sites excluding steroid dienone is 1. The molecule has 0 aromatic carbocycles. The molecule has 0 aliphatic carbocycles. The van der Waals surface area contributed by atoms with Crippen molar-refractivity contribution in [3.05, 3.63) is 44.2 Å². The fraction of sp³-hybridized carbons (Fsp3) is 0.250. The third-order valence-corrected chi connectivity index (χ3v) is 6.06. The van der Waals surface area contributed by atoms with E-state index in [0.29, 0.717) is 12.1 Å². The van der Waals surface area contributed by atoms with Gasteiger partial charge in [-0.05, 0) is 6.08 Å². The van der Waals surface area contributed by atoms with Gasteiger partial charge in [0, 0.05) is 24.6 Å². The maximum atomic E-state index is 12.9. The summed E-state index contributed by atoms with van der Waals surface area (Å²) in [5.41, 5.74) is 3.98. The van der Waals surface area contributed by atoms with Gasteiger partial charge in [-0.1, -0.05) is 6.08 Å². The van der Waals surface area contributed by atoms with Gasteiger partial charge in [0.15, 0.2) is 5.65 Å². The molecule has 5 heterocycles. The summed E-state index contributed by atoms with van der Waals surface area (Å²) in [6.45, 7) is 1.07. The number of aliphatic imine (C=N–C) groups is 1. The molecule has 1 aliphatic heterocycles. The minimum absolute atomic E-state index is 0.143. The lowest BCUT2D eigenvalue weighted by Crippen LogP contribution is -2.24. The first kappa shape index (κ1) is 15.5. The van der Waals surface area contributed by atoms with Gasteiger partial charge in [0.1, 0.15) is 21.0 Å². The molecule has 0 atom stereocenters. The second kappa shape index (κ2) is 5.92. The zero-order valence-corrected chi connectivity index (χ0v) is 15.4. The molecule has 0 saturated carbocycles. The highest BCUT2D eigenvalue weighted by Crippen LogP contribution is 2.31. The third-order valence-electron chi connectivity index (χ3n) is 4.30. The molecule has 26 heavy (non-hydrogen) atoms. The van der Waals surface area contributed by atoms with Crippen molar-refractivity contribution in [1.82, 2.24) is 29.5 Å². The van der Waals surface area contributed by atoms with Gasteiger partial charge < -0.3 is 4.57 Å². The minimum Gasteiger partial charge on any atom is -0.323 e. The Labute approximate surface area is 155 Å². The first-order valence-corrected chi connectivity index (χ1v) is 9.69. The van der Waals surface area contributed by atoms with Gasteiger partial charge in [-0.25, -0.2) is 9.67 Å². The number of fused-ring (bicyclic) bond motifs is 3. The Bertz CT molecular complexity index is 1240. The quantitative estimate of drug-likeness (QED) is 0.536. The summed E-state index contributed by atoms with van der Waals surface area (Å²) in [5, 5.41) is 14.7. The van der Waals surface area contributed by atoms with Gasteiger partial charge in [0.05, 0.1) is 24.0 Å². The van der Waals surface area contributed by atoms with Gasteiger partial charge >= 0.3 is 0 Å². The van der Waals surface area contributed by atoms with Gasteiger partial charge in [-0.2, -0.15) is 5.10 Å². The predicted octanol–water partition coefficient (Wildman–Crippen LogP) is 1.80. The Kier molecular flexibility index (Phi) is 3.54. The first-order valence-electron chi connectivity index (χ1n) is 7.99. The van der Waals surface area contributed by atoms with Gasteiger partial charge in [0.25, 0.3) is 5.56 Å². The van der Waals surface area contributed by atoms with Crippen molar-refractivity contribution in [3.63, 3.8) is 0 Å². The van der Waals surface area contributed by atoms with Crippen molar-refractivity contribution in [2.24, 2.45) is 12.0 Å². The smallest absolute Gasteiger partial charge is 0.291 e. The highest BCUT2D eigenvalue weighted by molar-refractivity contribution is 7.19. The number of aryl methyl sites for hydroxylation is 1. The van der Waals surface area contributed by atoms with Crippen molar-refractivity contribution >= 4 is 49.6 Å². The van der Waals surface area contributed by atoms with E-state index in [1.165, 1.54) is 16.0 Å². The van der Waals surface area contributed by atoms with Crippen LogP contribution in [0, 0.1) is 0 Å². The van der Waals surface area contributed by atoms with Crippen LogP contribution in [-0.2, 0) is 20.0 Å². The molecule has 0 fully saturated rings. The monoisotopic (exact) mass is 383 g/mol. The number of nitrogens with zero attached hydrogens (tertiary/aromatic N) is 7. The van der Waals surface area contributed by atoms with Crippen molar-refractivity contribution in [2.75, 3.05) is 6.54 Å². The molecule has 0 bridgehead atoms. The molecule has 0 unspecified atom stereocenters. The Balaban J connectivity index is 1.61. The summed E-state index contributed by atoms with van der Waals surface area (Å²) < 4.78 is 4.27. The molecule has 5 rings (SSSR count). The predicted molar refractivity (Wildman–Crippen MR) is 102 cm³/mol. The van der Waals surface area contributed by atoms with E-state index in [0.717, 1.165) is 44.4 Å². The highest BCUT2D eigenvalue weighted by atomic mass is 32.1. The number of hydrogen-bond donors (Lipinski definition) is 0. The lowest BCUT2D eigenvalue weighted by molar-refractivity contribution is 0.637. The van der Waals surface area contributed by atoms with Gasteiger partial charge in [0.2, 0.25) is 0 Å². The molecule has 4 aromatic heterocycles. The van der Waals surface area contributed by atoms with E-state index in [9.17, 15) is 4.79 Å². The summed E-state index contributed by atoms with van der Waals surface area (Å²) in [7, 11) is 1.87. The van der Waals surface area contributed by atoms with Crippen molar-refractivity contribution < 1.29 is 0 Å². The molecule has 10 heteroatoms.